The zero-order valence-electron chi connectivity index (χ0n) is 32.4. The minimum absolute atomic E-state index is 0. The van der Waals surface area contributed by atoms with Gasteiger partial charge in [0.1, 0.15) is 0 Å². The van der Waals surface area contributed by atoms with E-state index in [-0.39, 0.29) is 25.3 Å². The molecule has 1 saturated carbocycles. The van der Waals surface area contributed by atoms with Crippen molar-refractivity contribution in [2.75, 3.05) is 0 Å². The quantitative estimate of drug-likeness (QED) is 0.0675. The van der Waals surface area contributed by atoms with E-state index in [0.717, 1.165) is 18.4 Å². The molecule has 9 rings (SSSR count). The van der Waals surface area contributed by atoms with Gasteiger partial charge in [-0.15, -0.1) is 0 Å². The summed E-state index contributed by atoms with van der Waals surface area (Å²) in [6, 6.07) is 84.2. The van der Waals surface area contributed by atoms with Gasteiger partial charge in [-0.1, -0.05) is 212 Å². The van der Waals surface area contributed by atoms with Crippen LogP contribution in [0.1, 0.15) is 24.8 Å². The molecule has 1 unspecified atom stereocenters. The van der Waals surface area contributed by atoms with Crippen molar-refractivity contribution < 1.29 is 24.3 Å². The van der Waals surface area contributed by atoms with Gasteiger partial charge < -0.3 is 12.3 Å². The number of hydrogen-bond acceptors (Lipinski definition) is 1. The summed E-state index contributed by atoms with van der Waals surface area (Å²) in [6.45, 7) is 0. The molecule has 0 radical (unpaired) electrons. The van der Waals surface area contributed by atoms with Gasteiger partial charge in [0, 0.05) is 6.42 Å². The van der Waals surface area contributed by atoms with Crippen LogP contribution in [0.15, 0.2) is 243 Å². The van der Waals surface area contributed by atoms with Crippen molar-refractivity contribution in [1.82, 2.24) is 0 Å². The second-order valence-corrected chi connectivity index (χ2v) is 17.8. The molecule has 0 amide bonds. The molecule has 0 saturated heterocycles. The Balaban J connectivity index is 0.000000156. The molecule has 58 heavy (non-hydrogen) atoms. The van der Waals surface area contributed by atoms with Crippen molar-refractivity contribution >= 4 is 53.5 Å². The van der Waals surface area contributed by atoms with E-state index in [2.05, 4.69) is 188 Å². The SMILES string of the molecule is [C-]#CC1(c2ccccc2)CCCC1=O.[Ru+2].c1cc[cH-]c1.c1ccc(P(c2ccccc2)c2ccccc2)cc1.c1ccc(P(c2ccccc2)c2ccccc2)cc1. The number of benzene rings is 7. The number of rotatable bonds is 7. The fourth-order valence-corrected chi connectivity index (χ4v) is 11.4. The largest absolute Gasteiger partial charge is 2.00 e. The number of hydrogen-bond donors (Lipinski definition) is 0. The third kappa shape index (κ3) is 12.1. The molecule has 8 aromatic carbocycles. The van der Waals surface area contributed by atoms with Crippen LogP contribution in [0.4, 0.5) is 0 Å². The molecule has 1 fully saturated rings. The Labute approximate surface area is 360 Å². The summed E-state index contributed by atoms with van der Waals surface area (Å²) in [5.74, 6) is 2.58. The number of ketones is 1. The van der Waals surface area contributed by atoms with Crippen LogP contribution in [-0.2, 0) is 29.7 Å². The first-order chi connectivity index (χ1) is 28.2. The Morgan fingerprint density at radius 1 is 0.431 bits per heavy atom. The van der Waals surface area contributed by atoms with Gasteiger partial charge in [-0.2, -0.15) is 18.2 Å². The molecular formula is C54H46OP2Ru. The van der Waals surface area contributed by atoms with E-state index in [1.165, 1.54) is 31.8 Å². The molecule has 1 aliphatic rings. The second kappa shape index (κ2) is 23.7. The van der Waals surface area contributed by atoms with E-state index >= 15 is 0 Å². The van der Waals surface area contributed by atoms with Crippen LogP contribution in [0.5, 0.6) is 0 Å². The molecule has 1 atom stereocenters. The first kappa shape index (κ1) is 43.7. The summed E-state index contributed by atoms with van der Waals surface area (Å²) in [5.41, 5.74) is 0.179. The predicted molar refractivity (Wildman–Crippen MR) is 246 cm³/mol. The molecule has 0 aromatic heterocycles. The van der Waals surface area contributed by atoms with Crippen molar-refractivity contribution in [2.45, 2.75) is 24.7 Å². The smallest absolute Gasteiger partial charge is 0.692 e. The number of Topliss-reactive ketones (excluding diaryl/α,β-unsaturated/α-hetero) is 1. The number of carbonyl (C=O) groups is 1. The van der Waals surface area contributed by atoms with Crippen LogP contribution >= 0.6 is 15.8 Å². The first-order valence-electron chi connectivity index (χ1n) is 19.3. The molecular weight excluding hydrogens is 828 g/mol. The molecule has 4 heteroatoms. The predicted octanol–water partition coefficient (Wildman–Crippen LogP) is 10.6. The van der Waals surface area contributed by atoms with E-state index in [0.29, 0.717) is 6.42 Å². The molecule has 1 aliphatic carbocycles. The van der Waals surface area contributed by atoms with Crippen LogP contribution in [0, 0.1) is 12.3 Å². The van der Waals surface area contributed by atoms with Gasteiger partial charge in [0.05, 0.1) is 5.41 Å². The van der Waals surface area contributed by atoms with E-state index in [1.54, 1.807) is 0 Å². The maximum atomic E-state index is 11.7. The van der Waals surface area contributed by atoms with Crippen molar-refractivity contribution in [3.63, 3.8) is 0 Å². The maximum absolute atomic E-state index is 11.7. The van der Waals surface area contributed by atoms with Gasteiger partial charge in [-0.05, 0) is 66.1 Å². The molecule has 8 aromatic rings. The molecule has 0 spiro atoms. The average molecular weight is 874 g/mol. The summed E-state index contributed by atoms with van der Waals surface area (Å²) in [4.78, 5) is 11.7. The maximum Gasteiger partial charge on any atom is 2.00 e. The second-order valence-electron chi connectivity index (χ2n) is 13.3. The third-order valence-electron chi connectivity index (χ3n) is 9.55. The standard InChI is InChI=1S/2C18H15P.C13H11O.C5H5.Ru/c2*1-4-10-16(11-5-1)19(17-12-6-2-7-13-17)18-14-8-3-9-15-18;1-2-13(10-6-9-12(13)14)11-7-4-3-5-8-11;1-2-4-5-3-1;/h2*1-15H;3-5,7-8H,6,9-10H2;1-5H;/q;;2*-1;+2. The molecule has 0 aliphatic heterocycles. The average Bonchev–Trinajstić information content (AvgIpc) is 4.01. The fourth-order valence-electron chi connectivity index (χ4n) is 6.78. The molecule has 0 N–H and O–H groups in total. The van der Waals surface area contributed by atoms with Crippen molar-refractivity contribution in [3.05, 3.63) is 255 Å². The Morgan fingerprint density at radius 2 is 0.707 bits per heavy atom. The topological polar surface area (TPSA) is 17.1 Å². The Morgan fingerprint density at radius 3 is 0.914 bits per heavy atom. The Bertz CT molecular complexity index is 2010. The minimum atomic E-state index is -0.735. The monoisotopic (exact) mass is 874 g/mol. The van der Waals surface area contributed by atoms with E-state index in [1.807, 2.05) is 60.7 Å². The third-order valence-corrected chi connectivity index (χ3v) is 14.4. The molecule has 286 valence electrons. The van der Waals surface area contributed by atoms with Crippen LogP contribution in [0.25, 0.3) is 0 Å². The summed E-state index contributed by atoms with van der Waals surface area (Å²) in [6.07, 6.45) is 9.54. The van der Waals surface area contributed by atoms with E-state index in [4.69, 9.17) is 6.42 Å². The van der Waals surface area contributed by atoms with Gasteiger partial charge >= 0.3 is 19.5 Å². The zero-order chi connectivity index (χ0) is 39.4. The first-order valence-corrected chi connectivity index (χ1v) is 22.0. The van der Waals surface area contributed by atoms with Gasteiger partial charge in [0.2, 0.25) is 0 Å². The zero-order valence-corrected chi connectivity index (χ0v) is 35.9. The summed E-state index contributed by atoms with van der Waals surface area (Å²) < 4.78 is 0. The van der Waals surface area contributed by atoms with Gasteiger partial charge in [-0.3, -0.25) is 4.79 Å². The van der Waals surface area contributed by atoms with Gasteiger partial charge in [-0.25, -0.2) is 12.1 Å². The number of carbonyl (C=O) groups excluding carboxylic acids is 1. The normalized spacial score (nSPS) is 13.9. The molecule has 1 nitrogen and oxygen atoms in total. The summed E-state index contributed by atoms with van der Waals surface area (Å²) >= 11 is 0. The molecule has 0 heterocycles. The van der Waals surface area contributed by atoms with Crippen molar-refractivity contribution in [2.24, 2.45) is 0 Å². The Kier molecular flexibility index (Phi) is 17.9. The summed E-state index contributed by atoms with van der Waals surface area (Å²) in [5, 5.41) is 8.39. The van der Waals surface area contributed by atoms with Crippen molar-refractivity contribution in [3.8, 4) is 5.92 Å². The van der Waals surface area contributed by atoms with E-state index < -0.39 is 21.3 Å². The summed E-state index contributed by atoms with van der Waals surface area (Å²) in [7, 11) is -0.892. The van der Waals surface area contributed by atoms with Crippen LogP contribution < -0.4 is 31.8 Å². The van der Waals surface area contributed by atoms with Gasteiger partial charge in [0.15, 0.2) is 5.78 Å². The van der Waals surface area contributed by atoms with Crippen LogP contribution in [-0.4, -0.2) is 5.78 Å². The molecule has 0 bridgehead atoms. The fraction of sp³-hybridized carbons (Fsp3) is 0.0741. The van der Waals surface area contributed by atoms with Crippen molar-refractivity contribution in [1.29, 1.82) is 0 Å². The van der Waals surface area contributed by atoms with Crippen LogP contribution in [0.3, 0.4) is 0 Å². The minimum Gasteiger partial charge on any atom is -0.692 e. The van der Waals surface area contributed by atoms with Gasteiger partial charge in [0.25, 0.3) is 0 Å². The van der Waals surface area contributed by atoms with E-state index in [9.17, 15) is 4.79 Å². The van der Waals surface area contributed by atoms with Crippen LogP contribution in [0.2, 0.25) is 0 Å². The Hall–Kier alpha value is -5.40.